The van der Waals surface area contributed by atoms with Crippen molar-refractivity contribution in [3.8, 4) is 17.2 Å². The largest absolute Gasteiger partial charge is 0.493 e. The summed E-state index contributed by atoms with van der Waals surface area (Å²) in [5, 5.41) is 3.86. The fourth-order valence-corrected chi connectivity index (χ4v) is 2.25. The Morgan fingerprint density at radius 2 is 1.62 bits per heavy atom. The Bertz CT molecular complexity index is 828. The standard InChI is InChI=1S/C18H18F2N2O4/c1-10(13-6-5-12(19)9-14(13)20)21-22-18(23)11-7-15(24-2)17(26-4)16(8-11)25-3/h5-9H,1-4H3,(H,22,23)/b21-10-. The zero-order chi connectivity index (χ0) is 19.3. The van der Waals surface area contributed by atoms with Crippen LogP contribution in [0.5, 0.6) is 17.2 Å². The van der Waals surface area contributed by atoms with Crippen LogP contribution in [0, 0.1) is 11.6 Å². The van der Waals surface area contributed by atoms with Crippen molar-refractivity contribution in [3.05, 3.63) is 53.1 Å². The molecule has 26 heavy (non-hydrogen) atoms. The number of hydrogen-bond acceptors (Lipinski definition) is 5. The number of carbonyl (C=O) groups excluding carboxylic acids is 1. The minimum Gasteiger partial charge on any atom is -0.493 e. The van der Waals surface area contributed by atoms with Gasteiger partial charge in [0.05, 0.1) is 27.0 Å². The van der Waals surface area contributed by atoms with E-state index in [1.165, 1.54) is 46.5 Å². The van der Waals surface area contributed by atoms with Crippen LogP contribution in [0.15, 0.2) is 35.4 Å². The minimum atomic E-state index is -0.770. The van der Waals surface area contributed by atoms with Crippen molar-refractivity contribution in [2.24, 2.45) is 5.10 Å². The van der Waals surface area contributed by atoms with Gasteiger partial charge >= 0.3 is 0 Å². The topological polar surface area (TPSA) is 69.2 Å². The average Bonchev–Trinajstić information content (AvgIpc) is 2.64. The second kappa shape index (κ2) is 8.28. The Labute approximate surface area is 149 Å². The van der Waals surface area contributed by atoms with Crippen LogP contribution in [0.3, 0.4) is 0 Å². The number of rotatable bonds is 6. The number of halogens is 2. The summed E-state index contributed by atoms with van der Waals surface area (Å²) in [6, 6.07) is 6.02. The van der Waals surface area contributed by atoms with Crippen molar-refractivity contribution in [1.82, 2.24) is 5.43 Å². The van der Waals surface area contributed by atoms with E-state index in [4.69, 9.17) is 14.2 Å². The van der Waals surface area contributed by atoms with Crippen molar-refractivity contribution in [2.75, 3.05) is 21.3 Å². The molecule has 0 aliphatic carbocycles. The van der Waals surface area contributed by atoms with Gasteiger partial charge in [0.1, 0.15) is 11.6 Å². The SMILES string of the molecule is COc1cc(C(=O)N/N=C(/C)c2ccc(F)cc2F)cc(OC)c1OC. The lowest BCUT2D eigenvalue weighted by Gasteiger charge is -2.13. The summed E-state index contributed by atoms with van der Waals surface area (Å²) in [7, 11) is 4.31. The summed E-state index contributed by atoms with van der Waals surface area (Å²) in [5.41, 5.74) is 2.78. The highest BCUT2D eigenvalue weighted by Crippen LogP contribution is 2.38. The Balaban J connectivity index is 2.27. The molecule has 1 N–H and O–H groups in total. The molecule has 2 aromatic rings. The number of amides is 1. The number of benzene rings is 2. The molecule has 0 heterocycles. The van der Waals surface area contributed by atoms with Crippen LogP contribution in [-0.2, 0) is 0 Å². The quantitative estimate of drug-likeness (QED) is 0.632. The molecule has 0 aliphatic rings. The monoisotopic (exact) mass is 364 g/mol. The molecule has 0 aromatic heterocycles. The van der Waals surface area contributed by atoms with Gasteiger partial charge in [-0.2, -0.15) is 5.10 Å². The lowest BCUT2D eigenvalue weighted by Crippen LogP contribution is -2.20. The fourth-order valence-electron chi connectivity index (χ4n) is 2.25. The number of methoxy groups -OCH3 is 3. The first kappa shape index (κ1) is 19.2. The Morgan fingerprint density at radius 1 is 1.00 bits per heavy atom. The van der Waals surface area contributed by atoms with Gasteiger partial charge in [0, 0.05) is 17.2 Å². The maximum atomic E-state index is 13.7. The molecule has 0 bridgehead atoms. The molecule has 8 heteroatoms. The highest BCUT2D eigenvalue weighted by Gasteiger charge is 2.17. The third-order valence-corrected chi connectivity index (χ3v) is 3.57. The van der Waals surface area contributed by atoms with Crippen LogP contribution >= 0.6 is 0 Å². The molecule has 0 fully saturated rings. The van der Waals surface area contributed by atoms with E-state index in [-0.39, 0.29) is 16.8 Å². The van der Waals surface area contributed by atoms with Crippen LogP contribution in [0.4, 0.5) is 8.78 Å². The van der Waals surface area contributed by atoms with Crippen molar-refractivity contribution in [1.29, 1.82) is 0 Å². The van der Waals surface area contributed by atoms with Gasteiger partial charge in [0.25, 0.3) is 5.91 Å². The predicted octanol–water partition coefficient (Wildman–Crippen LogP) is 3.14. The average molecular weight is 364 g/mol. The highest BCUT2D eigenvalue weighted by molar-refractivity contribution is 6.01. The second-order valence-electron chi connectivity index (χ2n) is 5.18. The molecular weight excluding hydrogens is 346 g/mol. The van der Waals surface area contributed by atoms with Crippen LogP contribution in [0.1, 0.15) is 22.8 Å². The number of hydrogen-bond donors (Lipinski definition) is 1. The maximum absolute atomic E-state index is 13.7. The van der Waals surface area contributed by atoms with E-state index < -0.39 is 17.5 Å². The van der Waals surface area contributed by atoms with Gasteiger partial charge in [0.15, 0.2) is 11.5 Å². The van der Waals surface area contributed by atoms with Crippen LogP contribution in [0.2, 0.25) is 0 Å². The summed E-state index contributed by atoms with van der Waals surface area (Å²) in [6.07, 6.45) is 0. The molecule has 0 unspecified atom stereocenters. The van der Waals surface area contributed by atoms with Gasteiger partial charge in [-0.25, -0.2) is 14.2 Å². The molecule has 0 radical (unpaired) electrons. The zero-order valence-electron chi connectivity index (χ0n) is 14.7. The van der Waals surface area contributed by atoms with Crippen LogP contribution in [0.25, 0.3) is 0 Å². The molecule has 0 atom stereocenters. The second-order valence-corrected chi connectivity index (χ2v) is 5.18. The molecule has 138 valence electrons. The molecule has 0 spiro atoms. The lowest BCUT2D eigenvalue weighted by atomic mass is 10.1. The van der Waals surface area contributed by atoms with Gasteiger partial charge < -0.3 is 14.2 Å². The smallest absolute Gasteiger partial charge is 0.271 e. The number of carbonyl (C=O) groups is 1. The van der Waals surface area contributed by atoms with E-state index in [9.17, 15) is 13.6 Å². The predicted molar refractivity (Wildman–Crippen MR) is 92.1 cm³/mol. The summed E-state index contributed by atoms with van der Waals surface area (Å²) < 4.78 is 42.3. The minimum absolute atomic E-state index is 0.0802. The molecule has 1 amide bonds. The molecule has 0 saturated heterocycles. The van der Waals surface area contributed by atoms with Crippen LogP contribution < -0.4 is 19.6 Å². The normalized spacial score (nSPS) is 11.1. The van der Waals surface area contributed by atoms with Crippen LogP contribution in [-0.4, -0.2) is 32.9 Å². The van der Waals surface area contributed by atoms with Gasteiger partial charge in [-0.3, -0.25) is 4.79 Å². The number of nitrogens with one attached hydrogen (secondary N) is 1. The lowest BCUT2D eigenvalue weighted by molar-refractivity contribution is 0.0954. The van der Waals surface area contributed by atoms with Crippen molar-refractivity contribution in [3.63, 3.8) is 0 Å². The third-order valence-electron chi connectivity index (χ3n) is 3.57. The zero-order valence-corrected chi connectivity index (χ0v) is 14.7. The molecular formula is C18H18F2N2O4. The van der Waals surface area contributed by atoms with Gasteiger partial charge in [-0.1, -0.05) is 0 Å². The van der Waals surface area contributed by atoms with Gasteiger partial charge in [0.2, 0.25) is 5.75 Å². The summed E-state index contributed by atoms with van der Waals surface area (Å²) in [4.78, 5) is 12.3. The van der Waals surface area contributed by atoms with E-state index in [0.29, 0.717) is 17.2 Å². The fraction of sp³-hybridized carbons (Fsp3) is 0.222. The first-order valence-electron chi connectivity index (χ1n) is 7.51. The van der Waals surface area contributed by atoms with E-state index in [0.717, 1.165) is 12.1 Å². The van der Waals surface area contributed by atoms with Crippen molar-refractivity contribution in [2.45, 2.75) is 6.92 Å². The first-order chi connectivity index (χ1) is 12.4. The van der Waals surface area contributed by atoms with Gasteiger partial charge in [-0.05, 0) is 31.2 Å². The van der Waals surface area contributed by atoms with E-state index >= 15 is 0 Å². The Hall–Kier alpha value is -3.16. The number of hydrazone groups is 1. The molecule has 2 aromatic carbocycles. The third kappa shape index (κ3) is 4.08. The first-order valence-corrected chi connectivity index (χ1v) is 7.51. The molecule has 6 nitrogen and oxygen atoms in total. The number of nitrogens with zero attached hydrogens (tertiary/aromatic N) is 1. The molecule has 0 saturated carbocycles. The summed E-state index contributed by atoms with van der Waals surface area (Å²) in [5.74, 6) is -1.07. The summed E-state index contributed by atoms with van der Waals surface area (Å²) >= 11 is 0. The Kier molecular flexibility index (Phi) is 6.11. The van der Waals surface area contributed by atoms with E-state index in [2.05, 4.69) is 10.5 Å². The van der Waals surface area contributed by atoms with E-state index in [1.54, 1.807) is 0 Å². The van der Waals surface area contributed by atoms with Crippen molar-refractivity contribution < 1.29 is 27.8 Å². The van der Waals surface area contributed by atoms with Gasteiger partial charge in [-0.15, -0.1) is 0 Å². The summed E-state index contributed by atoms with van der Waals surface area (Å²) in [6.45, 7) is 1.49. The Morgan fingerprint density at radius 3 is 2.12 bits per heavy atom. The van der Waals surface area contributed by atoms with E-state index in [1.807, 2.05) is 0 Å². The maximum Gasteiger partial charge on any atom is 0.271 e. The molecule has 2 rings (SSSR count). The number of ether oxygens (including phenoxy) is 3. The van der Waals surface area contributed by atoms with Crippen molar-refractivity contribution >= 4 is 11.6 Å². The highest BCUT2D eigenvalue weighted by atomic mass is 19.1. The molecule has 0 aliphatic heterocycles.